The molecule has 0 aromatic carbocycles. The van der Waals surface area contributed by atoms with E-state index in [0.717, 1.165) is 0 Å². The maximum Gasteiger partial charge on any atom is 2.00 e. The van der Waals surface area contributed by atoms with Crippen molar-refractivity contribution in [2.24, 2.45) is 5.73 Å². The maximum absolute atomic E-state index is 9.62. The van der Waals surface area contributed by atoms with Crippen LogP contribution in [-0.2, 0) is 4.79 Å². The van der Waals surface area contributed by atoms with Crippen LogP contribution in [0.25, 0.3) is 0 Å². The zero-order chi connectivity index (χ0) is 5.70. The van der Waals surface area contributed by atoms with Crippen molar-refractivity contribution in [2.75, 3.05) is 0 Å². The normalized spacial score (nSPS) is 11.8. The van der Waals surface area contributed by atoms with E-state index in [1.54, 1.807) is 6.29 Å². The molecule has 0 aliphatic rings. The Balaban J connectivity index is 0. The van der Waals surface area contributed by atoms with Crippen LogP contribution in [-0.4, -0.2) is 12.3 Å². The number of hydrogen-bond donors (Lipinski definition) is 1. The van der Waals surface area contributed by atoms with Crippen LogP contribution in [0.15, 0.2) is 0 Å². The van der Waals surface area contributed by atoms with E-state index in [-0.39, 0.29) is 31.1 Å². The summed E-state index contributed by atoms with van der Waals surface area (Å²) >= 11 is 0. The smallest absolute Gasteiger partial charge is 0.540 e. The van der Waals surface area contributed by atoms with Crippen LogP contribution in [0.5, 0.6) is 0 Å². The molecule has 0 aliphatic heterocycles. The van der Waals surface area contributed by atoms with Crippen LogP contribution < -0.4 is 5.73 Å². The first-order valence-corrected chi connectivity index (χ1v) is 2.22. The number of nitrogens with two attached hydrogens (primary N) is 1. The van der Waals surface area contributed by atoms with Crippen molar-refractivity contribution < 1.29 is 35.9 Å². The molecule has 0 aromatic heterocycles. The van der Waals surface area contributed by atoms with Gasteiger partial charge in [-0.25, -0.2) is 6.29 Å². The molecule has 1 unspecified atom stereocenters. The van der Waals surface area contributed by atoms with Crippen molar-refractivity contribution in [3.05, 3.63) is 6.42 Å². The van der Waals surface area contributed by atoms with Gasteiger partial charge in [-0.1, -0.05) is 0 Å². The number of carbonyl (C=O) groups excluding carboxylic acids is 1. The van der Waals surface area contributed by atoms with E-state index in [2.05, 4.69) is 0 Å². The summed E-state index contributed by atoms with van der Waals surface area (Å²) in [5, 5.41) is 0. The van der Waals surface area contributed by atoms with Gasteiger partial charge in [-0.05, 0) is 0 Å². The molecule has 0 aromatic rings. The van der Waals surface area contributed by atoms with E-state index < -0.39 is 6.04 Å². The molecule has 0 heterocycles. The second kappa shape index (κ2) is 7.68. The molecule has 0 aliphatic carbocycles. The first kappa shape index (κ1) is 11.5. The summed E-state index contributed by atoms with van der Waals surface area (Å²) in [6.07, 6.45) is 4.13. The summed E-state index contributed by atoms with van der Waals surface area (Å²) in [7, 11) is 0. The van der Waals surface area contributed by atoms with Gasteiger partial charge in [-0.3, -0.25) is 0 Å². The molecule has 0 rings (SSSR count). The molecule has 3 heteroatoms. The maximum atomic E-state index is 9.62. The van der Waals surface area contributed by atoms with Crippen LogP contribution in [0.4, 0.5) is 0 Å². The summed E-state index contributed by atoms with van der Waals surface area (Å²) in [6, 6.07) is -0.412. The van der Waals surface area contributed by atoms with Crippen LogP contribution >= 0.6 is 0 Å². The molecule has 0 saturated heterocycles. The van der Waals surface area contributed by atoms with Crippen molar-refractivity contribution in [3.8, 4) is 0 Å². The molecule has 1 atom stereocenters. The average molecular weight is 337 g/mol. The van der Waals surface area contributed by atoms with Gasteiger partial charge in [-0.15, -0.1) is 6.04 Å². The molecular weight excluding hydrogens is 328 g/mol. The van der Waals surface area contributed by atoms with E-state index >= 15 is 0 Å². The van der Waals surface area contributed by atoms with Crippen molar-refractivity contribution in [3.63, 3.8) is 0 Å². The third-order valence-corrected chi connectivity index (χ3v) is 0.641. The zero-order valence-electron chi connectivity index (χ0n) is 4.85. The molecule has 0 amide bonds. The van der Waals surface area contributed by atoms with Crippen LogP contribution in [0, 0.1) is 37.5 Å². The Morgan fingerprint density at radius 3 is 2.50 bits per heavy atom. The first-order chi connectivity index (χ1) is 3.31. The average Bonchev–Trinajstić information content (AvgIpc) is 1.68. The minimum atomic E-state index is -0.412. The van der Waals surface area contributed by atoms with Crippen LogP contribution in [0.3, 0.4) is 0 Å². The quantitative estimate of drug-likeness (QED) is 0.739. The predicted molar refractivity (Wildman–Crippen MR) is 28.3 cm³/mol. The van der Waals surface area contributed by atoms with Gasteiger partial charge < -0.3 is 16.9 Å². The van der Waals surface area contributed by atoms with Gasteiger partial charge in [0.05, 0.1) is 0 Å². The fourth-order valence-corrected chi connectivity index (χ4v) is 0.302. The Labute approximate surface area is 73.6 Å². The molecule has 0 spiro atoms. The monoisotopic (exact) mass is 337 g/mol. The van der Waals surface area contributed by atoms with Gasteiger partial charge in [-0.2, -0.15) is 13.3 Å². The molecule has 2 N–H and O–H groups in total. The van der Waals surface area contributed by atoms with Gasteiger partial charge in [0.1, 0.15) is 0 Å². The van der Waals surface area contributed by atoms with Crippen molar-refractivity contribution in [1.29, 1.82) is 0 Å². The molecule has 0 bridgehead atoms. The standard InChI is InChI=1S/C5H9NO.U/c1-2-3-5(6)4-7;/h2,5H,3,6H2,1H3;/q-2;+2. The van der Waals surface area contributed by atoms with Crippen LogP contribution in [0.2, 0.25) is 0 Å². The van der Waals surface area contributed by atoms with Crippen LogP contribution in [0.1, 0.15) is 13.3 Å². The Hall–Kier alpha value is 0.682. The summed E-state index contributed by atoms with van der Waals surface area (Å²) in [4.78, 5) is 9.62. The summed E-state index contributed by atoms with van der Waals surface area (Å²) in [6.45, 7) is 1.86. The van der Waals surface area contributed by atoms with Gasteiger partial charge in [0.15, 0.2) is 0 Å². The van der Waals surface area contributed by atoms with E-state index in [1.165, 1.54) is 0 Å². The second-order valence-corrected chi connectivity index (χ2v) is 1.37. The number of hydrogen-bond acceptors (Lipinski definition) is 2. The largest absolute Gasteiger partial charge is 2.00 e. The Bertz CT molecular complexity index is 58.4. The summed E-state index contributed by atoms with van der Waals surface area (Å²) in [5.74, 6) is 0. The number of rotatable bonds is 3. The minimum Gasteiger partial charge on any atom is -0.540 e. The van der Waals surface area contributed by atoms with Crippen molar-refractivity contribution >= 4 is 6.29 Å². The van der Waals surface area contributed by atoms with E-state index in [9.17, 15) is 4.79 Å². The van der Waals surface area contributed by atoms with Crippen molar-refractivity contribution in [2.45, 2.75) is 19.4 Å². The molecule has 8 heavy (non-hydrogen) atoms. The minimum absolute atomic E-state index is 0. The Morgan fingerprint density at radius 2 is 2.38 bits per heavy atom. The Morgan fingerprint density at radius 1 is 1.88 bits per heavy atom. The predicted octanol–water partition coefficient (Wildman–Crippen LogP) is 0.0377. The zero-order valence-corrected chi connectivity index (χ0v) is 9.01. The molecule has 0 saturated carbocycles. The topological polar surface area (TPSA) is 43.1 Å². The fourth-order valence-electron chi connectivity index (χ4n) is 0.302. The third kappa shape index (κ3) is 6.68. The summed E-state index contributed by atoms with van der Waals surface area (Å²) in [5.41, 5.74) is 5.13. The first-order valence-electron chi connectivity index (χ1n) is 2.22. The molecule has 0 fully saturated rings. The van der Waals surface area contributed by atoms with E-state index in [4.69, 9.17) is 5.73 Å². The molecule has 0 radical (unpaired) electrons. The van der Waals surface area contributed by atoms with E-state index in [1.807, 2.05) is 13.3 Å². The molecule has 2 nitrogen and oxygen atoms in total. The Kier molecular flexibility index (Phi) is 11.0. The van der Waals surface area contributed by atoms with Gasteiger partial charge in [0, 0.05) is 0 Å². The molecule has 44 valence electrons. The van der Waals surface area contributed by atoms with Gasteiger partial charge in [0.2, 0.25) is 0 Å². The SMILES string of the molecule is C[CH-]CC(N)[C-]=O.[U+2]. The van der Waals surface area contributed by atoms with Crippen molar-refractivity contribution in [1.82, 2.24) is 0 Å². The second-order valence-electron chi connectivity index (χ2n) is 1.37. The summed E-state index contributed by atoms with van der Waals surface area (Å²) < 4.78 is 0. The van der Waals surface area contributed by atoms with E-state index in [0.29, 0.717) is 6.42 Å². The van der Waals surface area contributed by atoms with Gasteiger partial charge >= 0.3 is 31.1 Å². The van der Waals surface area contributed by atoms with Gasteiger partial charge in [0.25, 0.3) is 0 Å². The fraction of sp³-hybridized carbons (Fsp3) is 0.600. The molecular formula is C5H9NOU. The third-order valence-electron chi connectivity index (χ3n) is 0.641.